The molecule has 3 aromatic rings. The van der Waals surface area contributed by atoms with E-state index in [0.717, 1.165) is 18.2 Å². The van der Waals surface area contributed by atoms with Gasteiger partial charge in [0.25, 0.3) is 0 Å². The second-order valence-electron chi connectivity index (χ2n) is 6.33. The van der Waals surface area contributed by atoms with E-state index in [2.05, 4.69) is 10.2 Å². The summed E-state index contributed by atoms with van der Waals surface area (Å²) in [5.74, 6) is 5.41. The van der Waals surface area contributed by atoms with Crippen molar-refractivity contribution in [3.63, 3.8) is 0 Å². The number of benzene rings is 2. The van der Waals surface area contributed by atoms with Gasteiger partial charge in [-0.25, -0.2) is 5.84 Å². The average Bonchev–Trinajstić information content (AvgIpc) is 2.97. The van der Waals surface area contributed by atoms with Gasteiger partial charge < -0.3 is 11.3 Å². The first-order valence-electron chi connectivity index (χ1n) is 8.35. The molecule has 3 rings (SSSR count). The lowest BCUT2D eigenvalue weighted by atomic mass is 10.0. The summed E-state index contributed by atoms with van der Waals surface area (Å²) in [5.41, 5.74) is 1.15. The topological polar surface area (TPSA) is 94.2 Å². The number of nitrogens with zero attached hydrogens (tertiary/aromatic N) is 3. The number of nitrogens with two attached hydrogens (primary N) is 2. The fraction of sp³-hybridized carbons (Fsp3) is 0.222. The van der Waals surface area contributed by atoms with Gasteiger partial charge in [-0.15, -0.1) is 0 Å². The van der Waals surface area contributed by atoms with E-state index < -0.39 is 29.1 Å². The SMILES string of the molecule is Cc1nn(Cc2ccccc2C(F)(F)F)c2cc(C(F)(F)/C(=N/N)NN)ccc12. The molecule has 1 heterocycles. The third kappa shape index (κ3) is 3.73. The van der Waals surface area contributed by atoms with E-state index in [4.69, 9.17) is 11.7 Å². The van der Waals surface area contributed by atoms with E-state index in [0.29, 0.717) is 11.1 Å². The third-order valence-electron chi connectivity index (χ3n) is 4.50. The molecule has 0 spiro atoms. The van der Waals surface area contributed by atoms with Crippen molar-refractivity contribution in [2.75, 3.05) is 0 Å². The summed E-state index contributed by atoms with van der Waals surface area (Å²) in [6, 6.07) is 8.75. The molecule has 2 aromatic carbocycles. The predicted molar refractivity (Wildman–Crippen MR) is 97.9 cm³/mol. The van der Waals surface area contributed by atoms with E-state index in [-0.39, 0.29) is 17.6 Å². The van der Waals surface area contributed by atoms with Crippen molar-refractivity contribution < 1.29 is 22.0 Å². The Hall–Kier alpha value is -3.21. The van der Waals surface area contributed by atoms with E-state index in [1.54, 1.807) is 12.3 Å². The maximum atomic E-state index is 14.6. The molecule has 5 N–H and O–H groups in total. The van der Waals surface area contributed by atoms with Crippen LogP contribution in [0, 0.1) is 6.92 Å². The smallest absolute Gasteiger partial charge is 0.321 e. The molecule has 154 valence electrons. The highest BCUT2D eigenvalue weighted by Gasteiger charge is 2.39. The number of hydrazone groups is 1. The predicted octanol–water partition coefficient (Wildman–Crippen LogP) is 3.24. The maximum Gasteiger partial charge on any atom is 0.416 e. The molecule has 0 amide bonds. The van der Waals surface area contributed by atoms with Crippen LogP contribution < -0.4 is 17.1 Å². The second kappa shape index (κ2) is 7.32. The minimum absolute atomic E-state index is 0.0330. The lowest BCUT2D eigenvalue weighted by Gasteiger charge is -2.18. The van der Waals surface area contributed by atoms with Gasteiger partial charge in [0.05, 0.1) is 23.3 Å². The number of nitrogens with one attached hydrogen (secondary N) is 1. The molecule has 29 heavy (non-hydrogen) atoms. The first-order chi connectivity index (χ1) is 13.6. The summed E-state index contributed by atoms with van der Waals surface area (Å²) in [6.45, 7) is 1.39. The van der Waals surface area contributed by atoms with Gasteiger partial charge >= 0.3 is 12.1 Å². The molecule has 0 saturated heterocycles. The van der Waals surface area contributed by atoms with Crippen LogP contribution in [0.2, 0.25) is 0 Å². The Kier molecular flexibility index (Phi) is 5.18. The molecule has 0 bridgehead atoms. The zero-order chi connectivity index (χ0) is 21.4. The van der Waals surface area contributed by atoms with Crippen molar-refractivity contribution in [2.24, 2.45) is 16.8 Å². The summed E-state index contributed by atoms with van der Waals surface area (Å²) in [6.07, 6.45) is -4.55. The molecular weight excluding hydrogens is 395 g/mol. The van der Waals surface area contributed by atoms with Gasteiger partial charge in [0.2, 0.25) is 5.84 Å². The van der Waals surface area contributed by atoms with Crippen LogP contribution in [0.25, 0.3) is 10.9 Å². The number of aromatic nitrogens is 2. The lowest BCUT2D eigenvalue weighted by molar-refractivity contribution is -0.138. The van der Waals surface area contributed by atoms with Crippen LogP contribution in [0.4, 0.5) is 22.0 Å². The monoisotopic (exact) mass is 412 g/mol. The van der Waals surface area contributed by atoms with Gasteiger partial charge in [0.1, 0.15) is 0 Å². The van der Waals surface area contributed by atoms with Crippen molar-refractivity contribution in [1.82, 2.24) is 15.2 Å². The number of rotatable bonds is 4. The van der Waals surface area contributed by atoms with Crippen LogP contribution in [-0.2, 0) is 18.6 Å². The van der Waals surface area contributed by atoms with E-state index >= 15 is 0 Å². The fourth-order valence-corrected chi connectivity index (χ4v) is 3.10. The van der Waals surface area contributed by atoms with Gasteiger partial charge in [0.15, 0.2) is 0 Å². The molecule has 0 aliphatic rings. The van der Waals surface area contributed by atoms with Crippen molar-refractivity contribution >= 4 is 16.7 Å². The largest absolute Gasteiger partial charge is 0.416 e. The molecule has 6 nitrogen and oxygen atoms in total. The van der Waals surface area contributed by atoms with Gasteiger partial charge in [0, 0.05) is 10.9 Å². The molecule has 0 saturated carbocycles. The summed E-state index contributed by atoms with van der Waals surface area (Å²) in [4.78, 5) is 0. The number of aryl methyl sites for hydroxylation is 1. The quantitative estimate of drug-likeness (QED) is 0.202. The minimum Gasteiger partial charge on any atom is -0.321 e. The molecule has 0 unspecified atom stereocenters. The lowest BCUT2D eigenvalue weighted by Crippen LogP contribution is -2.43. The summed E-state index contributed by atoms with van der Waals surface area (Å²) < 4.78 is 70.3. The van der Waals surface area contributed by atoms with Gasteiger partial charge in [-0.2, -0.15) is 32.2 Å². The number of amidine groups is 1. The number of alkyl halides is 5. The summed E-state index contributed by atoms with van der Waals surface area (Å²) in [7, 11) is 0. The molecule has 0 aliphatic carbocycles. The zero-order valence-corrected chi connectivity index (χ0v) is 15.1. The Morgan fingerprint density at radius 3 is 2.45 bits per heavy atom. The number of fused-ring (bicyclic) bond motifs is 1. The first kappa shape index (κ1) is 20.5. The summed E-state index contributed by atoms with van der Waals surface area (Å²) in [5, 5.41) is 7.71. The molecule has 0 fully saturated rings. The van der Waals surface area contributed by atoms with Crippen LogP contribution >= 0.6 is 0 Å². The van der Waals surface area contributed by atoms with Crippen LogP contribution in [0.3, 0.4) is 0 Å². The highest BCUT2D eigenvalue weighted by atomic mass is 19.4. The Bertz CT molecular complexity index is 1070. The molecule has 0 radical (unpaired) electrons. The van der Waals surface area contributed by atoms with Crippen molar-refractivity contribution in [3.8, 4) is 0 Å². The Morgan fingerprint density at radius 1 is 1.14 bits per heavy atom. The number of hydrogen-bond donors (Lipinski definition) is 3. The van der Waals surface area contributed by atoms with Crippen LogP contribution in [-0.4, -0.2) is 15.6 Å². The van der Waals surface area contributed by atoms with Crippen molar-refractivity contribution in [2.45, 2.75) is 25.6 Å². The van der Waals surface area contributed by atoms with E-state index in [1.165, 1.54) is 28.9 Å². The maximum absolute atomic E-state index is 14.6. The third-order valence-corrected chi connectivity index (χ3v) is 4.50. The summed E-state index contributed by atoms with van der Waals surface area (Å²) >= 11 is 0. The molecule has 11 heteroatoms. The number of hydrogen-bond acceptors (Lipinski definition) is 4. The Balaban J connectivity index is 2.12. The second-order valence-corrected chi connectivity index (χ2v) is 6.33. The van der Waals surface area contributed by atoms with E-state index in [1.807, 2.05) is 0 Å². The highest BCUT2D eigenvalue weighted by molar-refractivity contribution is 5.91. The van der Waals surface area contributed by atoms with Gasteiger partial charge in [-0.1, -0.05) is 30.3 Å². The zero-order valence-electron chi connectivity index (χ0n) is 15.1. The van der Waals surface area contributed by atoms with Crippen LogP contribution in [0.1, 0.15) is 22.4 Å². The Labute approximate surface area is 161 Å². The van der Waals surface area contributed by atoms with Gasteiger partial charge in [-0.3, -0.25) is 4.68 Å². The van der Waals surface area contributed by atoms with Crippen LogP contribution in [0.15, 0.2) is 47.6 Å². The van der Waals surface area contributed by atoms with Crippen molar-refractivity contribution in [1.29, 1.82) is 0 Å². The average molecular weight is 412 g/mol. The molecular formula is C18H17F5N6. The van der Waals surface area contributed by atoms with E-state index in [9.17, 15) is 22.0 Å². The van der Waals surface area contributed by atoms with Crippen molar-refractivity contribution in [3.05, 3.63) is 64.8 Å². The molecule has 0 aliphatic heterocycles. The number of hydrazine groups is 1. The number of halogens is 5. The van der Waals surface area contributed by atoms with Gasteiger partial charge in [-0.05, 0) is 24.6 Å². The molecule has 0 atom stereocenters. The fourth-order valence-electron chi connectivity index (χ4n) is 3.10. The van der Waals surface area contributed by atoms with Crippen LogP contribution in [0.5, 0.6) is 0 Å². The minimum atomic E-state index is -4.55. The first-order valence-corrected chi connectivity index (χ1v) is 8.35. The molecule has 1 aromatic heterocycles. The highest BCUT2D eigenvalue weighted by Crippen LogP contribution is 2.34. The normalized spacial score (nSPS) is 13.1. The Morgan fingerprint density at radius 2 is 1.83 bits per heavy atom. The standard InChI is InChI=1S/C18H17F5N6/c1-10-13-7-6-12(17(19,20)16(26-24)27-25)8-15(13)29(28-10)9-11-4-2-3-5-14(11)18(21,22)23/h2-8H,9,24-25H2,1H3,(H,26,27).